The van der Waals surface area contributed by atoms with Crippen LogP contribution in [0.5, 0.6) is 0 Å². The van der Waals surface area contributed by atoms with Gasteiger partial charge in [-0.25, -0.2) is 4.79 Å². The van der Waals surface area contributed by atoms with E-state index in [1.807, 2.05) is 62.3 Å². The van der Waals surface area contributed by atoms with E-state index in [1.54, 1.807) is 11.9 Å². The summed E-state index contributed by atoms with van der Waals surface area (Å²) >= 11 is 0. The Morgan fingerprint density at radius 2 is 1.48 bits per heavy atom. The van der Waals surface area contributed by atoms with Crippen molar-refractivity contribution in [1.82, 2.24) is 26.2 Å². The van der Waals surface area contributed by atoms with Crippen molar-refractivity contribution in [2.75, 3.05) is 25.0 Å². The molecule has 3 saturated carbocycles. The number of anilines is 1. The molecule has 5 rings (SSSR count). The summed E-state index contributed by atoms with van der Waals surface area (Å²) in [6.07, 6.45) is -1.79. The largest absolute Gasteiger partial charge is 0.389 e. The molecule has 4 fully saturated rings. The van der Waals surface area contributed by atoms with E-state index in [-0.39, 0.29) is 36.4 Å². The summed E-state index contributed by atoms with van der Waals surface area (Å²) in [7, 11) is 1.70. The summed E-state index contributed by atoms with van der Waals surface area (Å²) in [6.45, 7) is 17.5. The van der Waals surface area contributed by atoms with Crippen LogP contribution in [0.4, 0.5) is 23.7 Å². The second-order valence-electron chi connectivity index (χ2n) is 20.4. The first kappa shape index (κ1) is 45.1. The van der Waals surface area contributed by atoms with Crippen molar-refractivity contribution in [2.24, 2.45) is 28.1 Å². The molecule has 16 heteroatoms. The van der Waals surface area contributed by atoms with Gasteiger partial charge in [0.1, 0.15) is 12.1 Å². The number of nitrogens with one attached hydrogen (secondary N) is 4. The monoisotopic (exact) mass is 820 g/mol. The van der Waals surface area contributed by atoms with Crippen LogP contribution >= 0.6 is 0 Å². The zero-order chi connectivity index (χ0) is 43.5. The molecule has 3 aliphatic carbocycles. The van der Waals surface area contributed by atoms with Gasteiger partial charge in [-0.1, -0.05) is 81.6 Å². The summed E-state index contributed by atoms with van der Waals surface area (Å²) in [5.74, 6) is -4.02. The standard InChI is InChI=1S/C42H63F3N6O7/c1-38(2,3)25(21-50(10)28-27(39(4,5)6)31(53)32(28)54)48-37(58)49-33(41(9)17-12-11-13-18-41)36(57)51-20-23-26(40(23,7)8)29(51)34(55)47-24(16-19-42(43,44)45)30(52)35(56)46-22-14-15-22/h22-26,29,33H,11-21H2,1-10H3,(H,46,56)(H,47,55)(H2,48,49,58)/t23-,24?,25+,26-,29-,33+/m0/s1. The molecule has 1 aliphatic heterocycles. The number of halogens is 3. The average Bonchev–Trinajstić information content (AvgIpc) is 3.96. The lowest BCUT2D eigenvalue weighted by Crippen LogP contribution is -2.64. The van der Waals surface area contributed by atoms with Crippen LogP contribution in [0.25, 0.3) is 0 Å². The third kappa shape index (κ3) is 9.56. The van der Waals surface area contributed by atoms with Gasteiger partial charge in [0.05, 0.1) is 17.8 Å². The number of carbonyl (C=O) groups is 5. The maximum Gasteiger partial charge on any atom is 0.389 e. The Morgan fingerprint density at radius 3 is 2.02 bits per heavy atom. The van der Waals surface area contributed by atoms with Crippen LogP contribution in [0.2, 0.25) is 0 Å². The Hall–Kier alpha value is -3.98. The van der Waals surface area contributed by atoms with Crippen LogP contribution < -0.4 is 37.0 Å². The first-order valence-electron chi connectivity index (χ1n) is 20.7. The number of piperidine rings is 1. The number of likely N-dealkylation sites (N-methyl/N-ethyl adjacent to an activating group) is 1. The molecule has 4 aliphatic rings. The van der Waals surface area contributed by atoms with Gasteiger partial charge in [-0.3, -0.25) is 28.8 Å². The first-order chi connectivity index (χ1) is 26.6. The highest BCUT2D eigenvalue weighted by atomic mass is 19.4. The van der Waals surface area contributed by atoms with Crippen molar-refractivity contribution in [3.63, 3.8) is 0 Å². The minimum Gasteiger partial charge on any atom is -0.369 e. The van der Waals surface area contributed by atoms with Gasteiger partial charge >= 0.3 is 12.2 Å². The Balaban J connectivity index is 1.39. The van der Waals surface area contributed by atoms with E-state index in [0.29, 0.717) is 36.9 Å². The van der Waals surface area contributed by atoms with Crippen molar-refractivity contribution in [2.45, 2.75) is 162 Å². The molecule has 1 aromatic rings. The summed E-state index contributed by atoms with van der Waals surface area (Å²) in [5.41, 5.74) is -2.57. The number of hydrogen-bond donors (Lipinski definition) is 4. The molecule has 1 saturated heterocycles. The fourth-order valence-electron chi connectivity index (χ4n) is 9.31. The van der Waals surface area contributed by atoms with Crippen LogP contribution in [-0.4, -0.2) is 91.0 Å². The molecule has 1 heterocycles. The molecule has 4 N–H and O–H groups in total. The average molecular weight is 821 g/mol. The molecule has 5 amide bonds. The maximum absolute atomic E-state index is 14.9. The smallest absolute Gasteiger partial charge is 0.369 e. The van der Waals surface area contributed by atoms with Gasteiger partial charge < -0.3 is 31.1 Å². The lowest BCUT2D eigenvalue weighted by atomic mass is 9.70. The van der Waals surface area contributed by atoms with Gasteiger partial charge in [0.25, 0.3) is 5.91 Å². The van der Waals surface area contributed by atoms with E-state index in [0.717, 1.165) is 19.3 Å². The van der Waals surface area contributed by atoms with E-state index < -0.39 is 99.8 Å². The minimum atomic E-state index is -4.65. The summed E-state index contributed by atoms with van der Waals surface area (Å²) in [5, 5.41) is 11.0. The van der Waals surface area contributed by atoms with E-state index in [4.69, 9.17) is 0 Å². The fraction of sp³-hybridized carbons (Fsp3) is 0.786. The van der Waals surface area contributed by atoms with Crippen molar-refractivity contribution in [1.29, 1.82) is 0 Å². The van der Waals surface area contributed by atoms with E-state index >= 15 is 0 Å². The number of hydrogen-bond acceptors (Lipinski definition) is 8. The quantitative estimate of drug-likeness (QED) is 0.202. The molecule has 0 radical (unpaired) electrons. The first-order valence-corrected chi connectivity index (χ1v) is 20.7. The lowest BCUT2D eigenvalue weighted by molar-refractivity contribution is -0.148. The Morgan fingerprint density at radius 1 is 0.879 bits per heavy atom. The molecule has 6 atom stereocenters. The molecule has 1 unspecified atom stereocenters. The van der Waals surface area contributed by atoms with E-state index in [9.17, 15) is 46.7 Å². The maximum atomic E-state index is 14.9. The molecule has 13 nitrogen and oxygen atoms in total. The predicted molar refractivity (Wildman–Crippen MR) is 213 cm³/mol. The predicted octanol–water partition coefficient (Wildman–Crippen LogP) is 4.23. The molecular formula is C42H63F3N6O7. The number of carbonyl (C=O) groups excluding carboxylic acids is 5. The highest BCUT2D eigenvalue weighted by Crippen LogP contribution is 2.65. The third-order valence-corrected chi connectivity index (χ3v) is 13.3. The van der Waals surface area contributed by atoms with Crippen LogP contribution in [0.1, 0.15) is 126 Å². The number of rotatable bonds is 14. The molecular weight excluding hydrogens is 757 g/mol. The summed E-state index contributed by atoms with van der Waals surface area (Å²) in [4.78, 5) is 97.6. The van der Waals surface area contributed by atoms with E-state index in [1.165, 1.54) is 4.90 Å². The number of amides is 5. The molecule has 324 valence electrons. The molecule has 0 aromatic heterocycles. The Kier molecular flexibility index (Phi) is 12.4. The highest BCUT2D eigenvalue weighted by Gasteiger charge is 2.70. The number of likely N-dealkylation sites (tertiary alicyclic amines) is 1. The lowest BCUT2D eigenvalue weighted by Gasteiger charge is -2.43. The second-order valence-corrected chi connectivity index (χ2v) is 20.4. The van der Waals surface area contributed by atoms with Gasteiger partial charge in [-0.15, -0.1) is 0 Å². The van der Waals surface area contributed by atoms with Gasteiger partial charge in [0.15, 0.2) is 0 Å². The van der Waals surface area contributed by atoms with Crippen LogP contribution in [0, 0.1) is 28.1 Å². The van der Waals surface area contributed by atoms with Crippen LogP contribution in [-0.2, 0) is 24.6 Å². The summed E-state index contributed by atoms with van der Waals surface area (Å²) in [6, 6.07) is -5.42. The number of ketones is 1. The SMILES string of the molecule is CN(C[C@@H](NC(=O)N[C@H](C(=O)N1C[C@H]2[C@@H]([C@H]1C(=O)NC(CCC(F)(F)F)C(=O)C(=O)NC1CC1)C2(C)C)C1(C)CCCCC1)C(C)(C)C)c1c(C(C)(C)C)c(=O)c1=O. The molecule has 0 bridgehead atoms. The number of alkyl halides is 3. The Bertz CT molecular complexity index is 1850. The van der Waals surface area contributed by atoms with Crippen molar-refractivity contribution in [3.05, 3.63) is 26.0 Å². The van der Waals surface area contributed by atoms with Crippen molar-refractivity contribution in [3.8, 4) is 0 Å². The number of nitrogens with zero attached hydrogens (tertiary/aromatic N) is 2. The molecule has 1 aromatic carbocycles. The number of Topliss-reactive ketones (excluding diaryl/α,β-unsaturated/α-hetero) is 1. The fourth-order valence-corrected chi connectivity index (χ4v) is 9.31. The normalized spacial score (nSPS) is 24.2. The van der Waals surface area contributed by atoms with Gasteiger partial charge in [-0.2, -0.15) is 13.2 Å². The van der Waals surface area contributed by atoms with Crippen molar-refractivity contribution >= 4 is 35.2 Å². The van der Waals surface area contributed by atoms with Gasteiger partial charge in [0, 0.05) is 38.2 Å². The highest BCUT2D eigenvalue weighted by molar-refractivity contribution is 6.38. The topological polar surface area (TPSA) is 174 Å². The summed E-state index contributed by atoms with van der Waals surface area (Å²) < 4.78 is 40.2. The minimum absolute atomic E-state index is 0.113. The second kappa shape index (κ2) is 15.9. The van der Waals surface area contributed by atoms with Crippen LogP contribution in [0.3, 0.4) is 0 Å². The molecule has 0 spiro atoms. The van der Waals surface area contributed by atoms with Crippen LogP contribution in [0.15, 0.2) is 9.59 Å². The zero-order valence-electron chi connectivity index (χ0n) is 35.7. The van der Waals surface area contributed by atoms with Gasteiger partial charge in [-0.05, 0) is 65.6 Å². The zero-order valence-corrected chi connectivity index (χ0v) is 35.7. The third-order valence-electron chi connectivity index (χ3n) is 13.3. The number of urea groups is 1. The Labute approximate surface area is 339 Å². The van der Waals surface area contributed by atoms with Gasteiger partial charge in [0.2, 0.25) is 28.5 Å². The number of fused-ring (bicyclic) bond motifs is 1. The van der Waals surface area contributed by atoms with Crippen molar-refractivity contribution < 1.29 is 37.1 Å². The molecule has 58 heavy (non-hydrogen) atoms. The van der Waals surface area contributed by atoms with E-state index in [2.05, 4.69) is 21.3 Å².